The molecule has 3 aromatic rings. The van der Waals surface area contributed by atoms with Crippen molar-refractivity contribution >= 4 is 23.4 Å². The number of phenolic OH excluding ortho intramolecular Hbond substituents is 1. The zero-order valence-corrected chi connectivity index (χ0v) is 17.8. The summed E-state index contributed by atoms with van der Waals surface area (Å²) in [6.45, 7) is 4.47. The lowest BCUT2D eigenvalue weighted by molar-refractivity contribution is -0.118. The van der Waals surface area contributed by atoms with Crippen molar-refractivity contribution in [2.24, 2.45) is 5.10 Å². The van der Waals surface area contributed by atoms with E-state index in [-0.39, 0.29) is 17.4 Å². The number of thioether (sulfide) groups is 1. The van der Waals surface area contributed by atoms with Gasteiger partial charge in [-0.05, 0) is 67.9 Å². The summed E-state index contributed by atoms with van der Waals surface area (Å²) in [5.74, 6) is 1.61. The maximum atomic E-state index is 12.2. The summed E-state index contributed by atoms with van der Waals surface area (Å²) in [5.41, 5.74) is 4.94. The van der Waals surface area contributed by atoms with E-state index in [1.807, 2.05) is 35.8 Å². The number of nitrogens with one attached hydrogen (secondary N) is 1. The standard InChI is InChI=1S/C21H23N5O3S/c1-4-26-20(16-7-11-18(29-3)12-8-16)24-25-21(26)30-13-19(28)23-22-14(2)15-5-9-17(27)10-6-15/h5-12,27H,4,13H2,1-3H3,(H,23,28)/b22-14+. The van der Waals surface area contributed by atoms with E-state index < -0.39 is 0 Å². The third-order valence-electron chi connectivity index (χ3n) is 4.35. The summed E-state index contributed by atoms with van der Waals surface area (Å²) >= 11 is 1.30. The van der Waals surface area contributed by atoms with Crippen molar-refractivity contribution in [2.45, 2.75) is 25.5 Å². The second kappa shape index (κ2) is 9.93. The second-order valence-electron chi connectivity index (χ2n) is 6.35. The average Bonchev–Trinajstić information content (AvgIpc) is 3.19. The van der Waals surface area contributed by atoms with Gasteiger partial charge in [-0.2, -0.15) is 5.10 Å². The molecule has 1 heterocycles. The van der Waals surface area contributed by atoms with Gasteiger partial charge in [0.05, 0.1) is 18.6 Å². The molecular formula is C21H23N5O3S. The lowest BCUT2D eigenvalue weighted by Crippen LogP contribution is -2.21. The van der Waals surface area contributed by atoms with Crippen molar-refractivity contribution in [1.82, 2.24) is 20.2 Å². The molecule has 0 aliphatic rings. The number of hydrazone groups is 1. The van der Waals surface area contributed by atoms with Gasteiger partial charge in [0.1, 0.15) is 11.5 Å². The fraction of sp³-hybridized carbons (Fsp3) is 0.238. The van der Waals surface area contributed by atoms with Crippen molar-refractivity contribution < 1.29 is 14.6 Å². The van der Waals surface area contributed by atoms with Gasteiger partial charge in [-0.25, -0.2) is 5.43 Å². The van der Waals surface area contributed by atoms with Crippen LogP contribution < -0.4 is 10.2 Å². The number of nitrogens with zero attached hydrogens (tertiary/aromatic N) is 4. The van der Waals surface area contributed by atoms with Crippen molar-refractivity contribution in [2.75, 3.05) is 12.9 Å². The van der Waals surface area contributed by atoms with Gasteiger partial charge in [0.15, 0.2) is 11.0 Å². The van der Waals surface area contributed by atoms with Crippen molar-refractivity contribution in [3.63, 3.8) is 0 Å². The highest BCUT2D eigenvalue weighted by atomic mass is 32.2. The molecule has 2 aromatic carbocycles. The van der Waals surface area contributed by atoms with E-state index in [1.165, 1.54) is 11.8 Å². The molecule has 8 nitrogen and oxygen atoms in total. The minimum Gasteiger partial charge on any atom is -0.508 e. The number of hydrogen-bond acceptors (Lipinski definition) is 7. The van der Waals surface area contributed by atoms with Crippen LogP contribution in [0.3, 0.4) is 0 Å². The van der Waals surface area contributed by atoms with Gasteiger partial charge in [0.25, 0.3) is 5.91 Å². The normalized spacial score (nSPS) is 11.4. The van der Waals surface area contributed by atoms with Gasteiger partial charge >= 0.3 is 0 Å². The lowest BCUT2D eigenvalue weighted by atomic mass is 10.1. The first-order chi connectivity index (χ1) is 14.5. The number of benzene rings is 2. The molecule has 9 heteroatoms. The van der Waals surface area contributed by atoms with Crippen molar-refractivity contribution in [3.8, 4) is 22.9 Å². The fourth-order valence-corrected chi connectivity index (χ4v) is 3.50. The second-order valence-corrected chi connectivity index (χ2v) is 7.29. The Bertz CT molecular complexity index is 1030. The van der Waals surface area contributed by atoms with E-state index in [2.05, 4.69) is 20.7 Å². The number of methoxy groups -OCH3 is 1. The molecule has 0 aliphatic carbocycles. The highest BCUT2D eigenvalue weighted by Crippen LogP contribution is 2.25. The van der Waals surface area contributed by atoms with Crippen LogP contribution in [0.4, 0.5) is 0 Å². The summed E-state index contributed by atoms with van der Waals surface area (Å²) in [5, 5.41) is 22.6. The highest BCUT2D eigenvalue weighted by Gasteiger charge is 2.14. The zero-order valence-electron chi connectivity index (χ0n) is 17.0. The number of hydrogen-bond donors (Lipinski definition) is 2. The predicted octanol–water partition coefficient (Wildman–Crippen LogP) is 3.31. The fourth-order valence-electron chi connectivity index (χ4n) is 2.71. The van der Waals surface area contributed by atoms with E-state index in [4.69, 9.17) is 4.74 Å². The number of phenols is 1. The van der Waals surface area contributed by atoms with Gasteiger partial charge in [0.2, 0.25) is 0 Å². The monoisotopic (exact) mass is 425 g/mol. The third kappa shape index (κ3) is 5.18. The van der Waals surface area contributed by atoms with E-state index >= 15 is 0 Å². The van der Waals surface area contributed by atoms with Crippen LogP contribution in [0.1, 0.15) is 19.4 Å². The summed E-state index contributed by atoms with van der Waals surface area (Å²) in [6.07, 6.45) is 0. The van der Waals surface area contributed by atoms with E-state index in [0.717, 1.165) is 22.7 Å². The molecule has 0 radical (unpaired) electrons. The van der Waals surface area contributed by atoms with Crippen LogP contribution in [0, 0.1) is 0 Å². The molecule has 2 N–H and O–H groups in total. The van der Waals surface area contributed by atoms with Crippen LogP contribution in [0.2, 0.25) is 0 Å². The third-order valence-corrected chi connectivity index (χ3v) is 5.31. The molecule has 3 rings (SSSR count). The van der Waals surface area contributed by atoms with Crippen LogP contribution in [0.15, 0.2) is 58.8 Å². The van der Waals surface area contributed by atoms with Crippen LogP contribution >= 0.6 is 11.8 Å². The molecule has 0 spiro atoms. The van der Waals surface area contributed by atoms with E-state index in [1.54, 1.807) is 38.3 Å². The van der Waals surface area contributed by atoms with Crippen LogP contribution in [0.5, 0.6) is 11.5 Å². The van der Waals surface area contributed by atoms with Gasteiger partial charge in [-0.3, -0.25) is 4.79 Å². The average molecular weight is 426 g/mol. The summed E-state index contributed by atoms with van der Waals surface area (Å²) < 4.78 is 7.15. The molecule has 0 fully saturated rings. The topological polar surface area (TPSA) is 102 Å². The lowest BCUT2D eigenvalue weighted by Gasteiger charge is -2.08. The SMILES string of the molecule is CCn1c(SCC(=O)N/N=C(\C)c2ccc(O)cc2)nnc1-c1ccc(OC)cc1. The Labute approximate surface area is 179 Å². The minimum atomic E-state index is -0.241. The van der Waals surface area contributed by atoms with Gasteiger partial charge in [-0.15, -0.1) is 10.2 Å². The Balaban J connectivity index is 1.62. The molecule has 0 aliphatic heterocycles. The predicted molar refractivity (Wildman–Crippen MR) is 117 cm³/mol. The molecule has 0 atom stereocenters. The molecule has 156 valence electrons. The number of amides is 1. The summed E-state index contributed by atoms with van der Waals surface area (Å²) in [6, 6.07) is 14.2. The molecule has 0 saturated heterocycles. The zero-order chi connectivity index (χ0) is 21.5. The number of carbonyl (C=O) groups excluding carboxylic acids is 1. The molecule has 0 bridgehead atoms. The van der Waals surface area contributed by atoms with Gasteiger partial charge in [-0.1, -0.05) is 11.8 Å². The Hall–Kier alpha value is -3.33. The quantitative estimate of drug-likeness (QED) is 0.326. The Morgan fingerprint density at radius 1 is 1.17 bits per heavy atom. The van der Waals surface area contributed by atoms with Crippen molar-refractivity contribution in [3.05, 3.63) is 54.1 Å². The largest absolute Gasteiger partial charge is 0.508 e. The van der Waals surface area contributed by atoms with Crippen LogP contribution in [0.25, 0.3) is 11.4 Å². The number of ether oxygens (including phenoxy) is 1. The summed E-state index contributed by atoms with van der Waals surface area (Å²) in [4.78, 5) is 12.2. The van der Waals surface area contributed by atoms with Crippen molar-refractivity contribution in [1.29, 1.82) is 0 Å². The summed E-state index contributed by atoms with van der Waals surface area (Å²) in [7, 11) is 1.62. The Morgan fingerprint density at radius 3 is 2.50 bits per heavy atom. The maximum Gasteiger partial charge on any atom is 0.250 e. The smallest absolute Gasteiger partial charge is 0.250 e. The molecule has 1 amide bonds. The number of carbonyl (C=O) groups is 1. The molecule has 0 saturated carbocycles. The minimum absolute atomic E-state index is 0.160. The number of rotatable bonds is 8. The Morgan fingerprint density at radius 2 is 1.87 bits per heavy atom. The number of aromatic nitrogens is 3. The first kappa shape index (κ1) is 21.4. The molecule has 0 unspecified atom stereocenters. The highest BCUT2D eigenvalue weighted by molar-refractivity contribution is 7.99. The van der Waals surface area contributed by atoms with Gasteiger partial charge < -0.3 is 14.4 Å². The maximum absolute atomic E-state index is 12.2. The van der Waals surface area contributed by atoms with Gasteiger partial charge in [0, 0.05) is 12.1 Å². The first-order valence-electron chi connectivity index (χ1n) is 9.34. The molecule has 30 heavy (non-hydrogen) atoms. The van der Waals surface area contributed by atoms with Crippen LogP contribution in [-0.2, 0) is 11.3 Å². The number of aromatic hydroxyl groups is 1. The van der Waals surface area contributed by atoms with E-state index in [9.17, 15) is 9.90 Å². The van der Waals surface area contributed by atoms with E-state index in [0.29, 0.717) is 17.4 Å². The molecule has 1 aromatic heterocycles. The Kier molecular flexibility index (Phi) is 7.08. The first-order valence-corrected chi connectivity index (χ1v) is 10.3. The van der Waals surface area contributed by atoms with Crippen LogP contribution in [-0.4, -0.2) is 44.4 Å². The molecular weight excluding hydrogens is 402 g/mol.